The van der Waals surface area contributed by atoms with Gasteiger partial charge in [-0.3, -0.25) is 0 Å². The molecule has 1 N–H and O–H groups in total. The first-order chi connectivity index (χ1) is 7.36. The smallest absolute Gasteiger partial charge is 0.00928 e. The van der Waals surface area contributed by atoms with Crippen LogP contribution in [0.3, 0.4) is 0 Å². The Morgan fingerprint density at radius 1 is 1.40 bits per heavy atom. The van der Waals surface area contributed by atoms with Crippen LogP contribution in [0.5, 0.6) is 0 Å². The standard InChI is InChI=1S/C13H21NS/c1-11-5-2-3-7-13(11)14-9-8-12-6-4-10-15-12/h4,6,10-11,13-14H,2-3,5,7-9H2,1H3/t11-,13+/m0/s1. The van der Waals surface area contributed by atoms with Gasteiger partial charge in [0.25, 0.3) is 0 Å². The van der Waals surface area contributed by atoms with E-state index in [2.05, 4.69) is 29.8 Å². The molecule has 1 aliphatic rings. The Morgan fingerprint density at radius 3 is 3.00 bits per heavy atom. The fraction of sp³-hybridized carbons (Fsp3) is 0.692. The van der Waals surface area contributed by atoms with E-state index < -0.39 is 0 Å². The summed E-state index contributed by atoms with van der Waals surface area (Å²) >= 11 is 1.87. The minimum Gasteiger partial charge on any atom is -0.313 e. The third-order valence-electron chi connectivity index (χ3n) is 3.47. The van der Waals surface area contributed by atoms with E-state index in [9.17, 15) is 0 Å². The van der Waals surface area contributed by atoms with Gasteiger partial charge in [-0.05, 0) is 36.6 Å². The first-order valence-corrected chi connectivity index (χ1v) is 7.00. The summed E-state index contributed by atoms with van der Waals surface area (Å²) < 4.78 is 0. The predicted octanol–water partition coefficient (Wildman–Crippen LogP) is 3.46. The molecule has 1 aliphatic carbocycles. The molecule has 0 amide bonds. The number of hydrogen-bond donors (Lipinski definition) is 1. The topological polar surface area (TPSA) is 12.0 Å². The van der Waals surface area contributed by atoms with E-state index in [1.54, 1.807) is 0 Å². The number of thiophene rings is 1. The summed E-state index contributed by atoms with van der Waals surface area (Å²) in [5.74, 6) is 0.877. The second-order valence-electron chi connectivity index (χ2n) is 4.65. The minimum atomic E-state index is 0.777. The Balaban J connectivity index is 1.68. The summed E-state index contributed by atoms with van der Waals surface area (Å²) in [4.78, 5) is 1.51. The Morgan fingerprint density at radius 2 is 2.27 bits per heavy atom. The summed E-state index contributed by atoms with van der Waals surface area (Å²) in [6, 6.07) is 5.15. The van der Waals surface area contributed by atoms with Gasteiger partial charge in [0.15, 0.2) is 0 Å². The highest BCUT2D eigenvalue weighted by Crippen LogP contribution is 2.23. The van der Waals surface area contributed by atoms with E-state index in [4.69, 9.17) is 0 Å². The van der Waals surface area contributed by atoms with Gasteiger partial charge in [0.05, 0.1) is 0 Å². The van der Waals surface area contributed by atoms with Crippen LogP contribution in [0.1, 0.15) is 37.5 Å². The highest BCUT2D eigenvalue weighted by atomic mass is 32.1. The lowest BCUT2D eigenvalue weighted by atomic mass is 9.86. The summed E-state index contributed by atoms with van der Waals surface area (Å²) in [6.45, 7) is 3.54. The molecule has 1 nitrogen and oxygen atoms in total. The van der Waals surface area contributed by atoms with Gasteiger partial charge in [-0.25, -0.2) is 0 Å². The molecule has 0 bridgehead atoms. The second kappa shape index (κ2) is 5.66. The van der Waals surface area contributed by atoms with Crippen molar-refractivity contribution < 1.29 is 0 Å². The molecule has 2 rings (SSSR count). The number of nitrogens with one attached hydrogen (secondary N) is 1. The monoisotopic (exact) mass is 223 g/mol. The van der Waals surface area contributed by atoms with Crippen molar-refractivity contribution in [3.05, 3.63) is 22.4 Å². The van der Waals surface area contributed by atoms with Gasteiger partial charge in [0.2, 0.25) is 0 Å². The van der Waals surface area contributed by atoms with Crippen molar-refractivity contribution in [1.29, 1.82) is 0 Å². The van der Waals surface area contributed by atoms with Crippen molar-refractivity contribution in [1.82, 2.24) is 5.32 Å². The maximum Gasteiger partial charge on any atom is 0.00928 e. The Kier molecular flexibility index (Phi) is 4.21. The van der Waals surface area contributed by atoms with E-state index in [0.717, 1.165) is 18.5 Å². The van der Waals surface area contributed by atoms with Crippen LogP contribution in [0.25, 0.3) is 0 Å². The zero-order chi connectivity index (χ0) is 10.5. The summed E-state index contributed by atoms with van der Waals surface area (Å²) in [5, 5.41) is 5.88. The summed E-state index contributed by atoms with van der Waals surface area (Å²) in [6.07, 6.45) is 6.84. The van der Waals surface area contributed by atoms with Crippen LogP contribution in [0.4, 0.5) is 0 Å². The van der Waals surface area contributed by atoms with Crippen molar-refractivity contribution in [3.63, 3.8) is 0 Å². The number of rotatable bonds is 4. The van der Waals surface area contributed by atoms with E-state index >= 15 is 0 Å². The fourth-order valence-electron chi connectivity index (χ4n) is 2.46. The molecule has 1 aromatic rings. The van der Waals surface area contributed by atoms with Gasteiger partial charge in [-0.15, -0.1) is 11.3 Å². The van der Waals surface area contributed by atoms with E-state index in [-0.39, 0.29) is 0 Å². The first-order valence-electron chi connectivity index (χ1n) is 6.12. The molecule has 0 spiro atoms. The van der Waals surface area contributed by atoms with Crippen LogP contribution in [-0.4, -0.2) is 12.6 Å². The lowest BCUT2D eigenvalue weighted by Gasteiger charge is -2.29. The summed E-state index contributed by atoms with van der Waals surface area (Å²) in [5.41, 5.74) is 0. The molecule has 1 heterocycles. The molecular formula is C13H21NS. The van der Waals surface area contributed by atoms with Crippen LogP contribution < -0.4 is 5.32 Å². The van der Waals surface area contributed by atoms with Crippen molar-refractivity contribution in [2.45, 2.75) is 45.1 Å². The van der Waals surface area contributed by atoms with Gasteiger partial charge in [-0.2, -0.15) is 0 Å². The van der Waals surface area contributed by atoms with E-state index in [1.165, 1.54) is 37.0 Å². The molecule has 0 aromatic carbocycles. The lowest BCUT2D eigenvalue weighted by molar-refractivity contribution is 0.282. The van der Waals surface area contributed by atoms with E-state index in [1.807, 2.05) is 11.3 Å². The van der Waals surface area contributed by atoms with Gasteiger partial charge < -0.3 is 5.32 Å². The Bertz CT molecular complexity index is 268. The van der Waals surface area contributed by atoms with Crippen LogP contribution >= 0.6 is 11.3 Å². The molecular weight excluding hydrogens is 202 g/mol. The molecule has 2 heteroatoms. The first kappa shape index (κ1) is 11.2. The summed E-state index contributed by atoms with van der Waals surface area (Å²) in [7, 11) is 0. The third kappa shape index (κ3) is 3.32. The second-order valence-corrected chi connectivity index (χ2v) is 5.68. The van der Waals surface area contributed by atoms with Crippen molar-refractivity contribution in [3.8, 4) is 0 Å². The van der Waals surface area contributed by atoms with Crippen LogP contribution in [0.2, 0.25) is 0 Å². The number of hydrogen-bond acceptors (Lipinski definition) is 2. The molecule has 0 aliphatic heterocycles. The molecule has 1 fully saturated rings. The van der Waals surface area contributed by atoms with Gasteiger partial charge in [-0.1, -0.05) is 25.8 Å². The highest BCUT2D eigenvalue weighted by molar-refractivity contribution is 7.09. The Hall–Kier alpha value is -0.340. The maximum atomic E-state index is 3.72. The zero-order valence-corrected chi connectivity index (χ0v) is 10.4. The molecule has 0 unspecified atom stereocenters. The average molecular weight is 223 g/mol. The fourth-order valence-corrected chi connectivity index (χ4v) is 3.16. The molecule has 1 saturated carbocycles. The predicted molar refractivity (Wildman–Crippen MR) is 67.4 cm³/mol. The van der Waals surface area contributed by atoms with Crippen LogP contribution in [0, 0.1) is 5.92 Å². The third-order valence-corrected chi connectivity index (χ3v) is 4.41. The minimum absolute atomic E-state index is 0.777. The Labute approximate surface area is 96.9 Å². The molecule has 0 saturated heterocycles. The largest absolute Gasteiger partial charge is 0.313 e. The molecule has 84 valence electrons. The van der Waals surface area contributed by atoms with Gasteiger partial charge in [0.1, 0.15) is 0 Å². The molecule has 0 radical (unpaired) electrons. The van der Waals surface area contributed by atoms with Crippen molar-refractivity contribution >= 4 is 11.3 Å². The quantitative estimate of drug-likeness (QED) is 0.824. The lowest BCUT2D eigenvalue weighted by Crippen LogP contribution is -2.38. The normalized spacial score (nSPS) is 26.7. The van der Waals surface area contributed by atoms with Crippen molar-refractivity contribution in [2.75, 3.05) is 6.54 Å². The van der Waals surface area contributed by atoms with Gasteiger partial charge in [0, 0.05) is 17.5 Å². The molecule has 15 heavy (non-hydrogen) atoms. The zero-order valence-electron chi connectivity index (χ0n) is 9.54. The molecule has 1 aromatic heterocycles. The van der Waals surface area contributed by atoms with E-state index in [0.29, 0.717) is 0 Å². The van der Waals surface area contributed by atoms with Crippen molar-refractivity contribution in [2.24, 2.45) is 5.92 Å². The average Bonchev–Trinajstić information content (AvgIpc) is 2.74. The highest BCUT2D eigenvalue weighted by Gasteiger charge is 2.19. The maximum absolute atomic E-state index is 3.72. The SMILES string of the molecule is C[C@H]1CCCC[C@H]1NCCc1cccs1. The van der Waals surface area contributed by atoms with Gasteiger partial charge >= 0.3 is 0 Å². The van der Waals surface area contributed by atoms with Crippen LogP contribution in [-0.2, 0) is 6.42 Å². The van der Waals surface area contributed by atoms with Crippen LogP contribution in [0.15, 0.2) is 17.5 Å². The molecule has 2 atom stereocenters.